The van der Waals surface area contributed by atoms with Gasteiger partial charge in [-0.25, -0.2) is 4.99 Å². The van der Waals surface area contributed by atoms with Crippen LogP contribution in [0.5, 0.6) is 5.75 Å². The number of nitrogens with zero attached hydrogens (tertiary/aromatic N) is 2. The van der Waals surface area contributed by atoms with Crippen LogP contribution in [-0.2, 0) is 12.0 Å². The van der Waals surface area contributed by atoms with E-state index in [0.717, 1.165) is 17.5 Å². The highest BCUT2D eigenvalue weighted by molar-refractivity contribution is 5.85. The van der Waals surface area contributed by atoms with Gasteiger partial charge in [-0.1, -0.05) is 56.3 Å². The SMILES string of the molecule is C=C1N(C)C(N)=N[C@]1(c1ccccc1)c1ccc(OC(F)F)c(CCC)c1. The Bertz CT molecular complexity index is 867. The molecule has 0 aliphatic carbocycles. The van der Waals surface area contributed by atoms with E-state index in [-0.39, 0.29) is 5.75 Å². The van der Waals surface area contributed by atoms with Gasteiger partial charge in [0.25, 0.3) is 0 Å². The zero-order chi connectivity index (χ0) is 19.6. The quantitative estimate of drug-likeness (QED) is 0.826. The van der Waals surface area contributed by atoms with Crippen molar-refractivity contribution >= 4 is 5.96 Å². The molecule has 0 amide bonds. The second-order valence-electron chi connectivity index (χ2n) is 6.50. The minimum absolute atomic E-state index is 0.188. The average Bonchev–Trinajstić information content (AvgIpc) is 2.89. The largest absolute Gasteiger partial charge is 0.435 e. The number of hydrogen-bond donors (Lipinski definition) is 1. The molecule has 2 N–H and O–H groups in total. The molecule has 1 atom stereocenters. The zero-order valence-corrected chi connectivity index (χ0v) is 15.5. The first-order valence-electron chi connectivity index (χ1n) is 8.82. The lowest BCUT2D eigenvalue weighted by Crippen LogP contribution is -2.32. The van der Waals surface area contributed by atoms with Crippen molar-refractivity contribution in [1.82, 2.24) is 4.90 Å². The first-order chi connectivity index (χ1) is 12.9. The van der Waals surface area contributed by atoms with Gasteiger partial charge in [0.1, 0.15) is 5.75 Å². The number of likely N-dealkylation sites (N-methyl/N-ethyl adjacent to an activating group) is 1. The van der Waals surface area contributed by atoms with Crippen molar-refractivity contribution in [1.29, 1.82) is 0 Å². The van der Waals surface area contributed by atoms with Crippen LogP contribution >= 0.6 is 0 Å². The summed E-state index contributed by atoms with van der Waals surface area (Å²) in [5.41, 5.74) is 8.35. The number of alkyl halides is 2. The maximum atomic E-state index is 12.8. The minimum Gasteiger partial charge on any atom is -0.435 e. The summed E-state index contributed by atoms with van der Waals surface area (Å²) in [6.07, 6.45) is 1.41. The topological polar surface area (TPSA) is 50.8 Å². The Labute approximate surface area is 158 Å². The molecular weight excluding hydrogens is 348 g/mol. The Kier molecular flexibility index (Phi) is 5.17. The van der Waals surface area contributed by atoms with Crippen LogP contribution in [-0.4, -0.2) is 24.5 Å². The molecule has 0 spiro atoms. The van der Waals surface area contributed by atoms with Gasteiger partial charge in [0.2, 0.25) is 0 Å². The number of halogens is 2. The van der Waals surface area contributed by atoms with Crippen LogP contribution in [0.25, 0.3) is 0 Å². The van der Waals surface area contributed by atoms with E-state index in [9.17, 15) is 8.78 Å². The molecule has 3 rings (SSSR count). The molecule has 2 aromatic carbocycles. The molecule has 1 aliphatic heterocycles. The summed E-state index contributed by atoms with van der Waals surface area (Å²) in [7, 11) is 1.81. The van der Waals surface area contributed by atoms with Gasteiger partial charge >= 0.3 is 6.61 Å². The Morgan fingerprint density at radius 3 is 2.44 bits per heavy atom. The molecule has 27 heavy (non-hydrogen) atoms. The van der Waals surface area contributed by atoms with E-state index < -0.39 is 12.2 Å². The monoisotopic (exact) mass is 371 g/mol. The van der Waals surface area contributed by atoms with Crippen LogP contribution in [0, 0.1) is 0 Å². The van der Waals surface area contributed by atoms with Gasteiger partial charge in [-0.2, -0.15) is 8.78 Å². The fourth-order valence-corrected chi connectivity index (χ4v) is 3.48. The minimum atomic E-state index is -2.87. The van der Waals surface area contributed by atoms with Crippen molar-refractivity contribution < 1.29 is 13.5 Å². The van der Waals surface area contributed by atoms with Crippen LogP contribution < -0.4 is 10.5 Å². The number of nitrogens with two attached hydrogens (primary N) is 1. The normalized spacial score (nSPS) is 19.5. The number of ether oxygens (including phenoxy) is 1. The van der Waals surface area contributed by atoms with Crippen LogP contribution in [0.1, 0.15) is 30.0 Å². The summed E-state index contributed by atoms with van der Waals surface area (Å²) in [5, 5.41) is 0. The van der Waals surface area contributed by atoms with Crippen molar-refractivity contribution in [2.24, 2.45) is 10.7 Å². The number of benzene rings is 2. The van der Waals surface area contributed by atoms with Gasteiger partial charge in [-0.05, 0) is 35.2 Å². The lowest BCUT2D eigenvalue weighted by atomic mass is 9.80. The second-order valence-corrected chi connectivity index (χ2v) is 6.50. The van der Waals surface area contributed by atoms with Gasteiger partial charge in [0, 0.05) is 7.05 Å². The maximum absolute atomic E-state index is 12.8. The molecule has 4 nitrogen and oxygen atoms in total. The molecule has 2 aromatic rings. The van der Waals surface area contributed by atoms with Crippen LogP contribution in [0.4, 0.5) is 8.78 Å². The number of aliphatic imine (C=N–C) groups is 1. The molecule has 0 saturated heterocycles. The third kappa shape index (κ3) is 3.27. The first-order valence-corrected chi connectivity index (χ1v) is 8.82. The van der Waals surface area contributed by atoms with Gasteiger partial charge in [-0.15, -0.1) is 0 Å². The fourth-order valence-electron chi connectivity index (χ4n) is 3.48. The van der Waals surface area contributed by atoms with E-state index in [2.05, 4.69) is 6.58 Å². The summed E-state index contributed by atoms with van der Waals surface area (Å²) >= 11 is 0. The molecule has 0 radical (unpaired) electrons. The molecule has 1 aliphatic rings. The van der Waals surface area contributed by atoms with Crippen molar-refractivity contribution in [3.8, 4) is 5.75 Å². The second kappa shape index (κ2) is 7.39. The van der Waals surface area contributed by atoms with E-state index in [4.69, 9.17) is 15.5 Å². The average molecular weight is 371 g/mol. The lowest BCUT2D eigenvalue weighted by Gasteiger charge is -2.31. The molecule has 0 fully saturated rings. The highest BCUT2D eigenvalue weighted by Crippen LogP contribution is 2.45. The fraction of sp³-hybridized carbons (Fsp3) is 0.286. The van der Waals surface area contributed by atoms with Crippen molar-refractivity contribution in [2.75, 3.05) is 7.05 Å². The molecule has 1 heterocycles. The molecule has 0 bridgehead atoms. The number of rotatable bonds is 6. The number of guanidine groups is 1. The first kappa shape index (κ1) is 18.9. The molecular formula is C21H23F2N3O. The molecule has 6 heteroatoms. The highest BCUT2D eigenvalue weighted by Gasteiger charge is 2.44. The third-order valence-electron chi connectivity index (χ3n) is 4.85. The Morgan fingerprint density at radius 1 is 1.19 bits per heavy atom. The predicted molar refractivity (Wildman–Crippen MR) is 103 cm³/mol. The predicted octanol–water partition coefficient (Wildman–Crippen LogP) is 4.26. The molecule has 142 valence electrons. The van der Waals surface area contributed by atoms with Crippen molar-refractivity contribution in [3.05, 3.63) is 77.5 Å². The third-order valence-corrected chi connectivity index (χ3v) is 4.85. The summed E-state index contributed by atoms with van der Waals surface area (Å²) in [4.78, 5) is 6.49. The smallest absolute Gasteiger partial charge is 0.387 e. The van der Waals surface area contributed by atoms with E-state index in [1.807, 2.05) is 50.4 Å². The molecule has 0 saturated carbocycles. The Morgan fingerprint density at radius 2 is 1.89 bits per heavy atom. The van der Waals surface area contributed by atoms with Gasteiger partial charge in [-0.3, -0.25) is 0 Å². The summed E-state index contributed by atoms with van der Waals surface area (Å²) in [6, 6.07) is 14.9. The van der Waals surface area contributed by atoms with E-state index in [1.54, 1.807) is 17.0 Å². The Hall–Kier alpha value is -2.89. The van der Waals surface area contributed by atoms with Crippen LogP contribution in [0.3, 0.4) is 0 Å². The van der Waals surface area contributed by atoms with Crippen molar-refractivity contribution in [2.45, 2.75) is 31.9 Å². The number of aryl methyl sites for hydroxylation is 1. The van der Waals surface area contributed by atoms with Gasteiger partial charge in [0.05, 0.1) is 5.70 Å². The van der Waals surface area contributed by atoms with Crippen LogP contribution in [0.15, 0.2) is 65.8 Å². The lowest BCUT2D eigenvalue weighted by molar-refractivity contribution is -0.0504. The van der Waals surface area contributed by atoms with Gasteiger partial charge < -0.3 is 15.4 Å². The van der Waals surface area contributed by atoms with E-state index in [0.29, 0.717) is 23.6 Å². The van der Waals surface area contributed by atoms with Gasteiger partial charge in [0.15, 0.2) is 11.5 Å². The Balaban J connectivity index is 2.20. The van der Waals surface area contributed by atoms with E-state index >= 15 is 0 Å². The maximum Gasteiger partial charge on any atom is 0.387 e. The molecule has 0 aromatic heterocycles. The molecule has 0 unspecified atom stereocenters. The van der Waals surface area contributed by atoms with Crippen molar-refractivity contribution in [3.63, 3.8) is 0 Å². The van der Waals surface area contributed by atoms with Crippen LogP contribution in [0.2, 0.25) is 0 Å². The zero-order valence-electron chi connectivity index (χ0n) is 15.5. The highest BCUT2D eigenvalue weighted by atomic mass is 19.3. The van der Waals surface area contributed by atoms with E-state index in [1.165, 1.54) is 0 Å². The standard InChI is InChI=1S/C21H23F2N3O/c1-4-8-15-13-17(11-12-18(15)27-19(22)23)21(16-9-6-5-7-10-16)14(2)26(3)20(24)25-21/h5-7,9-13,19H,2,4,8H2,1,3H3,(H2,24,25)/t21-/m1/s1. The number of hydrogen-bond acceptors (Lipinski definition) is 4. The summed E-state index contributed by atoms with van der Waals surface area (Å²) < 4.78 is 30.2. The summed E-state index contributed by atoms with van der Waals surface area (Å²) in [6.45, 7) is 3.34. The summed E-state index contributed by atoms with van der Waals surface area (Å²) in [5.74, 6) is 0.543.